The van der Waals surface area contributed by atoms with Crippen molar-refractivity contribution in [2.24, 2.45) is 59.2 Å². The first-order chi connectivity index (χ1) is 41.2. The van der Waals surface area contributed by atoms with E-state index < -0.39 is 149 Å². The summed E-state index contributed by atoms with van der Waals surface area (Å²) in [6, 6.07) is -9.70. The molecule has 0 saturated carbocycles. The van der Waals surface area contributed by atoms with E-state index in [1.807, 2.05) is 54.5 Å². The van der Waals surface area contributed by atoms with Crippen molar-refractivity contribution in [3.63, 3.8) is 0 Å². The van der Waals surface area contributed by atoms with Crippen molar-refractivity contribution in [2.75, 3.05) is 62.0 Å². The van der Waals surface area contributed by atoms with Crippen molar-refractivity contribution in [1.82, 2.24) is 39.6 Å². The number of nitrogens with zero attached hydrogens (tertiary/aromatic N) is 7. The number of hydrogen-bond donors (Lipinski definition) is 2. The zero-order valence-corrected chi connectivity index (χ0v) is 59.4. The minimum atomic E-state index is -1.62. The summed E-state index contributed by atoms with van der Waals surface area (Å²) in [5.74, 6) is -11.4. The summed E-state index contributed by atoms with van der Waals surface area (Å²) in [5.41, 5.74) is 0. The van der Waals surface area contributed by atoms with Gasteiger partial charge >= 0.3 is 0 Å². The predicted molar refractivity (Wildman–Crippen MR) is 347 cm³/mol. The average molecular weight is 1260 g/mol. The standard InChI is InChI=1S/C68H120N8O13/c1-26-30-31-44(15)60(80)59-61(81)69-50(27-2)65(85)70(20)48(19)63(83)76(28-3)58(47(18)38-89-29-4)56(79)37-49(42(11)12)64(84)71(21)51(32-39(5)6)55(78)35-45(16)54(77)36-46(17)62(82)72(22)52(33-40(7)8)66(86)73(23)53(34-41(9)10)67(87)74(24)57(43(13)14)68(88)75(59)25/h26,30,39-53,57-60,80H,27-29,31-38H2,1-25H3,(H,69,81)/b30-26+/t44-,45-,46+,47-,48-,49+,50+,51+,52+,53+,57+,58+,59+,60-/m1/s1. The number of aliphatic hydroxyl groups is 1. The van der Waals surface area contributed by atoms with Gasteiger partial charge in [-0.05, 0) is 95.3 Å². The van der Waals surface area contributed by atoms with Crippen LogP contribution in [0, 0.1) is 59.2 Å². The number of likely N-dealkylation sites (N-methyl/N-ethyl adjacent to an activating group) is 7. The van der Waals surface area contributed by atoms with Gasteiger partial charge in [-0.15, -0.1) is 0 Å². The second-order valence-corrected chi connectivity index (χ2v) is 27.6. The topological polar surface area (TPSA) is 252 Å². The molecule has 2 N–H and O–H groups in total. The van der Waals surface area contributed by atoms with Crippen molar-refractivity contribution in [3.05, 3.63) is 12.2 Å². The Hall–Kier alpha value is -5.57. The number of amides is 8. The predicted octanol–water partition coefficient (Wildman–Crippen LogP) is 6.95. The molecule has 89 heavy (non-hydrogen) atoms. The second kappa shape index (κ2) is 37.7. The SMILES string of the molecule is C/C=C/C[C@@H](C)[C@@H](O)[C@H]1C(=O)N[C@@H](CC)C(=O)N(C)[C@H](C)C(=O)N(CC)[C@@H]([C@H](C)COCC)C(=O)C[C@@H](C(C)C)C(=O)N(C)[C@@H](CC(C)C)C(=O)C[C@@H](C)C(=O)C[C@H](C)C(=O)N(C)[C@@H](CC(C)C)C(=O)N(C)[C@@H](CC(C)C)C(=O)N(C)[C@@H](C(C)C)C(=O)N1C. The molecular weight excluding hydrogens is 1140 g/mol. The highest BCUT2D eigenvalue weighted by Crippen LogP contribution is 2.30. The largest absolute Gasteiger partial charge is 0.390 e. The third kappa shape index (κ3) is 22.4. The van der Waals surface area contributed by atoms with Crippen molar-refractivity contribution in [2.45, 2.75) is 237 Å². The van der Waals surface area contributed by atoms with Crippen LogP contribution in [-0.4, -0.2) is 220 Å². The lowest BCUT2D eigenvalue weighted by atomic mass is 9.83. The number of allylic oxidation sites excluding steroid dienone is 2. The summed E-state index contributed by atoms with van der Waals surface area (Å²) < 4.78 is 5.83. The van der Waals surface area contributed by atoms with E-state index in [1.54, 1.807) is 82.2 Å². The van der Waals surface area contributed by atoms with Crippen molar-refractivity contribution >= 4 is 64.6 Å². The van der Waals surface area contributed by atoms with Crippen molar-refractivity contribution in [3.8, 4) is 0 Å². The Morgan fingerprint density at radius 2 is 0.989 bits per heavy atom. The summed E-state index contributed by atoms with van der Waals surface area (Å²) in [4.78, 5) is 172. The normalized spacial score (nSPS) is 27.7. The number of ether oxygens (including phenoxy) is 1. The van der Waals surface area contributed by atoms with Crippen LogP contribution in [0.2, 0.25) is 0 Å². The number of aliphatic hydroxyl groups excluding tert-OH is 1. The lowest BCUT2D eigenvalue weighted by Crippen LogP contribution is -2.63. The molecule has 21 heteroatoms. The maximum Gasteiger partial charge on any atom is 0.246 e. The molecule has 0 aliphatic carbocycles. The number of carbonyl (C=O) groups excluding carboxylic acids is 11. The number of ketones is 3. The van der Waals surface area contributed by atoms with Crippen LogP contribution in [-0.2, 0) is 57.5 Å². The molecule has 0 bridgehead atoms. The Bertz CT molecular complexity index is 2410. The van der Waals surface area contributed by atoms with Crippen LogP contribution in [0.4, 0.5) is 0 Å². The molecule has 0 aromatic carbocycles. The van der Waals surface area contributed by atoms with Gasteiger partial charge < -0.3 is 49.5 Å². The first-order valence-electron chi connectivity index (χ1n) is 32.9. The number of rotatable bonds is 18. The molecule has 1 aliphatic heterocycles. The Morgan fingerprint density at radius 1 is 0.517 bits per heavy atom. The maximum absolute atomic E-state index is 15.2. The van der Waals surface area contributed by atoms with Crippen LogP contribution in [0.15, 0.2) is 12.2 Å². The van der Waals surface area contributed by atoms with E-state index in [1.165, 1.54) is 78.6 Å². The minimum absolute atomic E-state index is 0.0184. The molecular formula is C68H120N8O13. The molecule has 21 nitrogen and oxygen atoms in total. The van der Waals surface area contributed by atoms with Gasteiger partial charge in [-0.25, -0.2) is 0 Å². The van der Waals surface area contributed by atoms with Crippen molar-refractivity contribution in [1.29, 1.82) is 0 Å². The molecule has 1 aliphatic rings. The van der Waals surface area contributed by atoms with Crippen molar-refractivity contribution < 1.29 is 62.6 Å². The third-order valence-corrected chi connectivity index (χ3v) is 18.1. The summed E-state index contributed by atoms with van der Waals surface area (Å²) in [7, 11) is 8.75. The molecule has 1 fully saturated rings. The van der Waals surface area contributed by atoms with Gasteiger partial charge in [-0.1, -0.05) is 116 Å². The Kier molecular flexibility index (Phi) is 34.5. The molecule has 1 rings (SSSR count). The van der Waals surface area contributed by atoms with Gasteiger partial charge in [-0.2, -0.15) is 0 Å². The van der Waals surface area contributed by atoms with E-state index in [2.05, 4.69) is 5.32 Å². The van der Waals surface area contributed by atoms with E-state index in [0.717, 1.165) is 4.90 Å². The molecule has 0 spiro atoms. The molecule has 1 saturated heterocycles. The van der Waals surface area contributed by atoms with Crippen LogP contribution in [0.1, 0.15) is 183 Å². The molecule has 0 unspecified atom stereocenters. The minimum Gasteiger partial charge on any atom is -0.390 e. The van der Waals surface area contributed by atoms with Crippen LogP contribution in [0.25, 0.3) is 0 Å². The molecule has 8 amide bonds. The number of hydrogen-bond acceptors (Lipinski definition) is 13. The Balaban J connectivity index is 4.46. The van der Waals surface area contributed by atoms with Crippen LogP contribution in [0.3, 0.4) is 0 Å². The monoisotopic (exact) mass is 1260 g/mol. The average Bonchev–Trinajstić information content (AvgIpc) is 1.20. The highest BCUT2D eigenvalue weighted by atomic mass is 16.5. The van der Waals surface area contributed by atoms with Crippen LogP contribution >= 0.6 is 0 Å². The van der Waals surface area contributed by atoms with E-state index in [9.17, 15) is 38.7 Å². The fourth-order valence-corrected chi connectivity index (χ4v) is 12.2. The second-order valence-electron chi connectivity index (χ2n) is 27.6. The van der Waals surface area contributed by atoms with E-state index >= 15 is 19.2 Å². The zero-order valence-electron chi connectivity index (χ0n) is 59.4. The van der Waals surface area contributed by atoms with Gasteiger partial charge in [0.15, 0.2) is 11.6 Å². The number of nitrogens with one attached hydrogen (secondary N) is 1. The van der Waals surface area contributed by atoms with Gasteiger partial charge in [0.2, 0.25) is 47.3 Å². The summed E-state index contributed by atoms with van der Waals surface area (Å²) >= 11 is 0. The zero-order chi connectivity index (χ0) is 69.0. The van der Waals surface area contributed by atoms with Gasteiger partial charge in [-0.3, -0.25) is 52.7 Å². The smallest absolute Gasteiger partial charge is 0.246 e. The van der Waals surface area contributed by atoms with E-state index in [4.69, 9.17) is 4.74 Å². The third-order valence-electron chi connectivity index (χ3n) is 18.1. The first-order valence-corrected chi connectivity index (χ1v) is 32.9. The molecule has 1 heterocycles. The highest BCUT2D eigenvalue weighted by molar-refractivity contribution is 6.00. The van der Waals surface area contributed by atoms with E-state index in [-0.39, 0.29) is 87.4 Å². The van der Waals surface area contributed by atoms with Crippen LogP contribution in [0.5, 0.6) is 0 Å². The van der Waals surface area contributed by atoms with Crippen LogP contribution < -0.4 is 5.32 Å². The molecule has 0 radical (unpaired) electrons. The number of Topliss-reactive ketones (excluding diaryl/α,β-unsaturated/α-hetero) is 3. The van der Waals surface area contributed by atoms with Gasteiger partial charge in [0.05, 0.1) is 24.8 Å². The molecule has 0 aromatic heterocycles. The lowest BCUT2D eigenvalue weighted by molar-refractivity contribution is -0.157. The molecule has 510 valence electrons. The molecule has 0 aromatic rings. The summed E-state index contributed by atoms with van der Waals surface area (Å²) in [6.07, 6.45) is 2.24. The summed E-state index contributed by atoms with van der Waals surface area (Å²) in [5, 5.41) is 15.0. The van der Waals surface area contributed by atoms with E-state index in [0.29, 0.717) is 13.0 Å². The molecule has 14 atom stereocenters. The van der Waals surface area contributed by atoms with Gasteiger partial charge in [0.25, 0.3) is 0 Å². The number of carbonyl (C=O) groups is 11. The Morgan fingerprint density at radius 3 is 1.45 bits per heavy atom. The van der Waals surface area contributed by atoms with Gasteiger partial charge in [0, 0.05) is 98.4 Å². The first kappa shape index (κ1) is 81.4. The summed E-state index contributed by atoms with van der Waals surface area (Å²) in [6.45, 7) is 34.1. The van der Waals surface area contributed by atoms with Gasteiger partial charge in [0.1, 0.15) is 42.0 Å². The fourth-order valence-electron chi connectivity index (χ4n) is 12.2. The fraction of sp³-hybridized carbons (Fsp3) is 0.809. The Labute approximate surface area is 535 Å². The lowest BCUT2D eigenvalue weighted by Gasteiger charge is -2.41. The maximum atomic E-state index is 15.2. The quantitative estimate of drug-likeness (QED) is 0.132. The highest BCUT2D eigenvalue weighted by Gasteiger charge is 2.46.